The summed E-state index contributed by atoms with van der Waals surface area (Å²) in [6.45, 7) is 0.646. The van der Waals surface area contributed by atoms with Gasteiger partial charge >= 0.3 is 0 Å². The van der Waals surface area contributed by atoms with Crippen LogP contribution < -0.4 is 19.7 Å². The lowest BCUT2D eigenvalue weighted by Crippen LogP contribution is -2.45. The Morgan fingerprint density at radius 3 is 2.57 bits per heavy atom. The number of carbonyl (C=O) groups is 2. The molecular formula is C22H24N2O4. The number of methoxy groups -OCH3 is 2. The van der Waals surface area contributed by atoms with Gasteiger partial charge in [0.05, 0.1) is 19.9 Å². The molecule has 2 aromatic carbocycles. The molecule has 146 valence electrons. The maximum absolute atomic E-state index is 13.4. The normalized spacial score (nSPS) is 16.7. The Bertz CT molecular complexity index is 921. The van der Waals surface area contributed by atoms with Crippen molar-refractivity contribution in [1.29, 1.82) is 0 Å². The maximum Gasteiger partial charge on any atom is 0.242 e. The highest BCUT2D eigenvalue weighted by Gasteiger charge is 2.58. The molecule has 0 atom stereocenters. The quantitative estimate of drug-likeness (QED) is 0.808. The molecule has 1 aliphatic carbocycles. The second kappa shape index (κ2) is 7.19. The smallest absolute Gasteiger partial charge is 0.242 e. The molecule has 1 aliphatic heterocycles. The molecule has 4 rings (SSSR count). The summed E-state index contributed by atoms with van der Waals surface area (Å²) in [5, 5.41) is 2.89. The van der Waals surface area contributed by atoms with Crippen molar-refractivity contribution in [3.63, 3.8) is 0 Å². The van der Waals surface area contributed by atoms with Gasteiger partial charge in [0.25, 0.3) is 0 Å². The van der Waals surface area contributed by atoms with Crippen molar-refractivity contribution in [2.45, 2.75) is 25.7 Å². The summed E-state index contributed by atoms with van der Waals surface area (Å²) in [7, 11) is 3.10. The van der Waals surface area contributed by atoms with Gasteiger partial charge in [0, 0.05) is 18.3 Å². The first-order chi connectivity index (χ1) is 13.6. The molecule has 0 spiro atoms. The summed E-state index contributed by atoms with van der Waals surface area (Å²) in [5.74, 6) is 0.740. The highest BCUT2D eigenvalue weighted by molar-refractivity contribution is 6.18. The number of nitrogens with zero attached hydrogens (tertiary/aromatic N) is 1. The Kier molecular flexibility index (Phi) is 4.71. The van der Waals surface area contributed by atoms with Gasteiger partial charge in [-0.15, -0.1) is 0 Å². The average Bonchev–Trinajstić information content (AvgIpc) is 3.55. The molecule has 0 aromatic heterocycles. The zero-order valence-electron chi connectivity index (χ0n) is 16.2. The number of hydrogen-bond acceptors (Lipinski definition) is 4. The van der Waals surface area contributed by atoms with Gasteiger partial charge in [-0.1, -0.05) is 18.2 Å². The van der Waals surface area contributed by atoms with Crippen LogP contribution in [-0.4, -0.2) is 32.6 Å². The maximum atomic E-state index is 13.4. The monoisotopic (exact) mass is 380 g/mol. The van der Waals surface area contributed by atoms with E-state index in [0.717, 1.165) is 24.1 Å². The Balaban J connectivity index is 1.58. The third-order valence-electron chi connectivity index (χ3n) is 5.60. The van der Waals surface area contributed by atoms with Crippen LogP contribution in [0.2, 0.25) is 0 Å². The Morgan fingerprint density at radius 2 is 1.86 bits per heavy atom. The number of aryl methyl sites for hydroxylation is 1. The number of rotatable bonds is 5. The zero-order chi connectivity index (χ0) is 19.7. The van der Waals surface area contributed by atoms with Crippen LogP contribution in [0.1, 0.15) is 24.8 Å². The predicted molar refractivity (Wildman–Crippen MR) is 107 cm³/mol. The number of para-hydroxylation sites is 1. The van der Waals surface area contributed by atoms with E-state index in [1.165, 1.54) is 0 Å². The van der Waals surface area contributed by atoms with Crippen LogP contribution in [0, 0.1) is 5.41 Å². The summed E-state index contributed by atoms with van der Waals surface area (Å²) >= 11 is 0. The van der Waals surface area contributed by atoms with Gasteiger partial charge < -0.3 is 19.7 Å². The summed E-state index contributed by atoms with van der Waals surface area (Å²) < 4.78 is 10.6. The number of benzene rings is 2. The summed E-state index contributed by atoms with van der Waals surface area (Å²) in [5.41, 5.74) is 1.59. The fourth-order valence-corrected chi connectivity index (χ4v) is 3.82. The lowest BCUT2D eigenvalue weighted by atomic mass is 9.97. The van der Waals surface area contributed by atoms with Crippen molar-refractivity contribution in [2.75, 3.05) is 31.0 Å². The standard InChI is InChI=1S/C22H24N2O4/c1-27-16-9-10-19(28-2)17(14-16)23-20(25)22(11-12-22)21(26)24-13-5-7-15-6-3-4-8-18(15)24/h3-4,6,8-10,14H,5,7,11-13H2,1-2H3,(H,23,25). The largest absolute Gasteiger partial charge is 0.497 e. The van der Waals surface area contributed by atoms with E-state index in [4.69, 9.17) is 9.47 Å². The third-order valence-corrected chi connectivity index (χ3v) is 5.60. The Morgan fingerprint density at radius 1 is 1.07 bits per heavy atom. The number of amides is 2. The van der Waals surface area contributed by atoms with Crippen molar-refractivity contribution in [3.8, 4) is 11.5 Å². The molecule has 1 saturated carbocycles. The fraction of sp³-hybridized carbons (Fsp3) is 0.364. The molecule has 28 heavy (non-hydrogen) atoms. The summed E-state index contributed by atoms with van der Waals surface area (Å²) in [6.07, 6.45) is 2.98. The minimum Gasteiger partial charge on any atom is -0.497 e. The van der Waals surface area contributed by atoms with Crippen LogP contribution in [0.3, 0.4) is 0 Å². The molecule has 2 aromatic rings. The molecule has 0 saturated heterocycles. The van der Waals surface area contributed by atoms with Crippen LogP contribution in [0.25, 0.3) is 0 Å². The number of hydrogen-bond donors (Lipinski definition) is 1. The van der Waals surface area contributed by atoms with Gasteiger partial charge in [-0.25, -0.2) is 0 Å². The molecule has 1 N–H and O–H groups in total. The topological polar surface area (TPSA) is 67.9 Å². The summed E-state index contributed by atoms with van der Waals surface area (Å²) in [4.78, 5) is 28.3. The molecule has 6 nitrogen and oxygen atoms in total. The van der Waals surface area contributed by atoms with Gasteiger partial charge in [0.2, 0.25) is 11.8 Å². The number of carbonyl (C=O) groups excluding carboxylic acids is 2. The van der Waals surface area contributed by atoms with Crippen LogP contribution in [0.15, 0.2) is 42.5 Å². The minimum absolute atomic E-state index is 0.112. The fourth-order valence-electron chi connectivity index (χ4n) is 3.82. The van der Waals surface area contributed by atoms with E-state index in [0.29, 0.717) is 36.6 Å². The first kappa shape index (κ1) is 18.3. The number of nitrogens with one attached hydrogen (secondary N) is 1. The van der Waals surface area contributed by atoms with Gasteiger partial charge in [0.1, 0.15) is 16.9 Å². The van der Waals surface area contributed by atoms with Crippen LogP contribution in [0.5, 0.6) is 11.5 Å². The van der Waals surface area contributed by atoms with Gasteiger partial charge in [-0.3, -0.25) is 9.59 Å². The average molecular weight is 380 g/mol. The van der Waals surface area contributed by atoms with E-state index >= 15 is 0 Å². The molecule has 0 unspecified atom stereocenters. The van der Waals surface area contributed by atoms with Gasteiger partial charge in [-0.05, 0) is 49.4 Å². The van der Waals surface area contributed by atoms with Crippen molar-refractivity contribution < 1.29 is 19.1 Å². The number of ether oxygens (including phenoxy) is 2. The van der Waals surface area contributed by atoms with E-state index in [2.05, 4.69) is 11.4 Å². The first-order valence-electron chi connectivity index (χ1n) is 9.52. The van der Waals surface area contributed by atoms with Crippen molar-refractivity contribution in [1.82, 2.24) is 0 Å². The van der Waals surface area contributed by atoms with Crippen molar-refractivity contribution in [3.05, 3.63) is 48.0 Å². The van der Waals surface area contributed by atoms with E-state index in [-0.39, 0.29) is 11.8 Å². The Labute approximate surface area is 164 Å². The minimum atomic E-state index is -1.00. The van der Waals surface area contributed by atoms with E-state index in [9.17, 15) is 9.59 Å². The lowest BCUT2D eigenvalue weighted by molar-refractivity contribution is -0.132. The molecule has 2 aliphatic rings. The zero-order valence-corrected chi connectivity index (χ0v) is 16.2. The van der Waals surface area contributed by atoms with Gasteiger partial charge in [0.15, 0.2) is 0 Å². The highest BCUT2D eigenvalue weighted by Crippen LogP contribution is 2.50. The molecule has 1 heterocycles. The number of fused-ring (bicyclic) bond motifs is 1. The second-order valence-corrected chi connectivity index (χ2v) is 7.29. The predicted octanol–water partition coefficient (Wildman–Crippen LogP) is 3.40. The SMILES string of the molecule is COc1ccc(OC)c(NC(=O)C2(C(=O)N3CCCc4ccccc43)CC2)c1. The van der Waals surface area contributed by atoms with Crippen LogP contribution in [0.4, 0.5) is 11.4 Å². The third kappa shape index (κ3) is 3.09. The summed E-state index contributed by atoms with van der Waals surface area (Å²) in [6, 6.07) is 13.1. The molecular weight excluding hydrogens is 356 g/mol. The van der Waals surface area contributed by atoms with E-state index < -0.39 is 5.41 Å². The number of anilines is 2. The van der Waals surface area contributed by atoms with Crippen LogP contribution in [-0.2, 0) is 16.0 Å². The molecule has 0 bridgehead atoms. The van der Waals surface area contributed by atoms with Gasteiger partial charge in [-0.2, -0.15) is 0 Å². The van der Waals surface area contributed by atoms with E-state index in [1.807, 2.05) is 18.2 Å². The lowest BCUT2D eigenvalue weighted by Gasteiger charge is -2.32. The second-order valence-electron chi connectivity index (χ2n) is 7.29. The highest BCUT2D eigenvalue weighted by atomic mass is 16.5. The molecule has 0 radical (unpaired) electrons. The Hall–Kier alpha value is -3.02. The van der Waals surface area contributed by atoms with Crippen LogP contribution >= 0.6 is 0 Å². The molecule has 2 amide bonds. The first-order valence-corrected chi connectivity index (χ1v) is 9.52. The molecule has 6 heteroatoms. The molecule has 1 fully saturated rings. The van der Waals surface area contributed by atoms with E-state index in [1.54, 1.807) is 37.3 Å². The van der Waals surface area contributed by atoms with Crippen molar-refractivity contribution >= 4 is 23.2 Å². The van der Waals surface area contributed by atoms with Crippen molar-refractivity contribution in [2.24, 2.45) is 5.41 Å².